The fourth-order valence-electron chi connectivity index (χ4n) is 4.12. The fraction of sp³-hybridized carbons (Fsp3) is 0.478. The van der Waals surface area contributed by atoms with E-state index in [0.717, 1.165) is 17.7 Å². The van der Waals surface area contributed by atoms with E-state index < -0.39 is 40.6 Å². The average Bonchev–Trinajstić information content (AvgIpc) is 3.45. The number of nitrogens with one attached hydrogen (secondary N) is 4. The van der Waals surface area contributed by atoms with Gasteiger partial charge < -0.3 is 25.6 Å². The summed E-state index contributed by atoms with van der Waals surface area (Å²) in [5.41, 5.74) is 2.77. The molecule has 0 fully saturated rings. The van der Waals surface area contributed by atoms with Gasteiger partial charge in [0.2, 0.25) is 15.9 Å². The molecule has 0 aliphatic carbocycles. The SMILES string of the molecule is Cc1cc(C)c(S(=O)(=O)NC(CNC(=O)CC2CC(CCCNc3ncc[nH]3)=NO2)C(=O)O)c(C)c1. The van der Waals surface area contributed by atoms with Crippen molar-refractivity contribution in [2.24, 2.45) is 5.16 Å². The maximum Gasteiger partial charge on any atom is 0.323 e. The summed E-state index contributed by atoms with van der Waals surface area (Å²) in [5, 5.41) is 19.2. The number of aliphatic carboxylic acids is 1. The van der Waals surface area contributed by atoms with Gasteiger partial charge in [-0.1, -0.05) is 22.9 Å². The lowest BCUT2D eigenvalue weighted by atomic mass is 10.1. The van der Waals surface area contributed by atoms with Crippen LogP contribution in [0.5, 0.6) is 0 Å². The van der Waals surface area contributed by atoms with Gasteiger partial charge in [-0.2, -0.15) is 4.72 Å². The highest BCUT2D eigenvalue weighted by Crippen LogP contribution is 2.22. The van der Waals surface area contributed by atoms with Crippen LogP contribution in [0.3, 0.4) is 0 Å². The molecule has 1 aromatic heterocycles. The number of rotatable bonds is 13. The molecule has 5 N–H and O–H groups in total. The summed E-state index contributed by atoms with van der Waals surface area (Å²) in [5.74, 6) is -1.16. The van der Waals surface area contributed by atoms with Gasteiger partial charge in [0, 0.05) is 31.9 Å². The molecule has 0 spiro atoms. The molecule has 2 atom stereocenters. The zero-order valence-electron chi connectivity index (χ0n) is 20.5. The predicted molar refractivity (Wildman–Crippen MR) is 133 cm³/mol. The Morgan fingerprint density at radius 1 is 1.25 bits per heavy atom. The highest BCUT2D eigenvalue weighted by molar-refractivity contribution is 7.89. The molecule has 36 heavy (non-hydrogen) atoms. The van der Waals surface area contributed by atoms with Crippen LogP contribution in [-0.4, -0.2) is 66.3 Å². The van der Waals surface area contributed by atoms with Gasteiger partial charge in [0.25, 0.3) is 0 Å². The quantitative estimate of drug-likeness (QED) is 0.248. The lowest BCUT2D eigenvalue weighted by Gasteiger charge is -2.18. The van der Waals surface area contributed by atoms with E-state index in [2.05, 4.69) is 30.5 Å². The first-order valence-corrected chi connectivity index (χ1v) is 13.1. The Hall–Kier alpha value is -3.45. The second kappa shape index (κ2) is 12.0. The van der Waals surface area contributed by atoms with Crippen molar-refractivity contribution in [1.82, 2.24) is 20.0 Å². The third-order valence-electron chi connectivity index (χ3n) is 5.61. The molecule has 1 aliphatic heterocycles. The zero-order chi connectivity index (χ0) is 26.3. The Morgan fingerprint density at radius 3 is 2.61 bits per heavy atom. The third kappa shape index (κ3) is 7.52. The van der Waals surface area contributed by atoms with Crippen LogP contribution in [0.15, 0.2) is 34.6 Å². The normalized spacial score (nSPS) is 16.2. The molecule has 2 heterocycles. The summed E-state index contributed by atoms with van der Waals surface area (Å²) in [4.78, 5) is 36.5. The molecule has 1 aliphatic rings. The Bertz CT molecular complexity index is 1190. The van der Waals surface area contributed by atoms with Crippen LogP contribution in [0.4, 0.5) is 5.95 Å². The molecule has 0 saturated heterocycles. The number of benzene rings is 1. The number of imidazole rings is 1. The van der Waals surface area contributed by atoms with Gasteiger partial charge in [-0.15, -0.1) is 0 Å². The van der Waals surface area contributed by atoms with Crippen molar-refractivity contribution >= 4 is 33.6 Å². The Labute approximate surface area is 210 Å². The molecule has 1 amide bonds. The number of aromatic nitrogens is 2. The minimum atomic E-state index is -4.12. The van der Waals surface area contributed by atoms with E-state index in [1.165, 1.54) is 0 Å². The van der Waals surface area contributed by atoms with E-state index in [9.17, 15) is 23.1 Å². The van der Waals surface area contributed by atoms with E-state index in [1.807, 2.05) is 6.92 Å². The van der Waals surface area contributed by atoms with Crippen LogP contribution in [0.25, 0.3) is 0 Å². The van der Waals surface area contributed by atoms with Gasteiger partial charge in [0.15, 0.2) is 5.95 Å². The summed E-state index contributed by atoms with van der Waals surface area (Å²) in [6, 6.07) is 1.90. The number of H-pyrrole nitrogens is 1. The summed E-state index contributed by atoms with van der Waals surface area (Å²) in [6.07, 6.45) is 4.92. The summed E-state index contributed by atoms with van der Waals surface area (Å²) >= 11 is 0. The molecule has 2 unspecified atom stereocenters. The van der Waals surface area contributed by atoms with Crippen molar-refractivity contribution in [3.63, 3.8) is 0 Å². The van der Waals surface area contributed by atoms with E-state index in [-0.39, 0.29) is 11.3 Å². The molecular formula is C23H32N6O6S. The van der Waals surface area contributed by atoms with Crippen LogP contribution in [0.1, 0.15) is 42.4 Å². The first-order valence-electron chi connectivity index (χ1n) is 11.6. The van der Waals surface area contributed by atoms with E-state index in [1.54, 1.807) is 38.4 Å². The number of hydrogen-bond donors (Lipinski definition) is 5. The number of sulfonamides is 1. The molecule has 1 aromatic carbocycles. The molecule has 3 rings (SSSR count). The number of anilines is 1. The molecule has 0 radical (unpaired) electrons. The highest BCUT2D eigenvalue weighted by Gasteiger charge is 2.29. The standard InChI is InChI=1S/C23H32N6O6S/c1-14-9-15(2)21(16(3)10-14)36(33,34)29-19(22(31)32)13-27-20(30)12-18-11-17(28-35-18)5-4-6-24-23-25-7-8-26-23/h7-10,18-19,29H,4-6,11-13H2,1-3H3,(H,27,30)(H,31,32)(H2,24,25,26). The lowest BCUT2D eigenvalue weighted by Crippen LogP contribution is -2.48. The summed E-state index contributed by atoms with van der Waals surface area (Å²) in [7, 11) is -4.12. The number of carbonyl (C=O) groups is 2. The molecule has 196 valence electrons. The number of aryl methyl sites for hydroxylation is 3. The highest BCUT2D eigenvalue weighted by atomic mass is 32.2. The zero-order valence-corrected chi connectivity index (χ0v) is 21.3. The lowest BCUT2D eigenvalue weighted by molar-refractivity contribution is -0.138. The van der Waals surface area contributed by atoms with Crippen molar-refractivity contribution in [3.05, 3.63) is 41.2 Å². The van der Waals surface area contributed by atoms with Crippen LogP contribution in [-0.2, 0) is 24.4 Å². The Kier molecular flexibility index (Phi) is 9.04. The first kappa shape index (κ1) is 27.1. The summed E-state index contributed by atoms with van der Waals surface area (Å²) in [6.45, 7) is 5.45. The molecule has 0 saturated carbocycles. The number of aromatic amines is 1. The fourth-order valence-corrected chi connectivity index (χ4v) is 5.76. The second-order valence-corrected chi connectivity index (χ2v) is 10.5. The minimum absolute atomic E-state index is 0.0209. The molecule has 13 heteroatoms. The number of carbonyl (C=O) groups excluding carboxylic acids is 1. The van der Waals surface area contributed by atoms with Crippen LogP contribution in [0.2, 0.25) is 0 Å². The number of amides is 1. The van der Waals surface area contributed by atoms with Crippen molar-refractivity contribution in [1.29, 1.82) is 0 Å². The van der Waals surface area contributed by atoms with Crippen molar-refractivity contribution in [2.45, 2.75) is 63.5 Å². The maximum atomic E-state index is 12.9. The molecule has 2 aromatic rings. The molecule has 12 nitrogen and oxygen atoms in total. The van der Waals surface area contributed by atoms with Crippen LogP contribution in [0, 0.1) is 20.8 Å². The summed E-state index contributed by atoms with van der Waals surface area (Å²) < 4.78 is 28.0. The van der Waals surface area contributed by atoms with Crippen molar-refractivity contribution in [2.75, 3.05) is 18.4 Å². The van der Waals surface area contributed by atoms with Crippen molar-refractivity contribution in [3.8, 4) is 0 Å². The van der Waals surface area contributed by atoms with Gasteiger partial charge in [-0.3, -0.25) is 9.59 Å². The number of carboxylic acid groups (broad SMARTS) is 1. The van der Waals surface area contributed by atoms with E-state index in [0.29, 0.717) is 36.5 Å². The minimum Gasteiger partial charge on any atom is -0.480 e. The van der Waals surface area contributed by atoms with E-state index in [4.69, 9.17) is 4.84 Å². The average molecular weight is 521 g/mol. The topological polar surface area (TPSA) is 175 Å². The molecule has 0 bridgehead atoms. The second-order valence-electron chi connectivity index (χ2n) is 8.81. The van der Waals surface area contributed by atoms with Gasteiger partial charge in [-0.05, 0) is 44.7 Å². The van der Waals surface area contributed by atoms with Gasteiger partial charge >= 0.3 is 5.97 Å². The monoisotopic (exact) mass is 520 g/mol. The number of carboxylic acids is 1. The van der Waals surface area contributed by atoms with Crippen molar-refractivity contribution < 1.29 is 28.0 Å². The Balaban J connectivity index is 1.44. The number of nitrogens with zero attached hydrogens (tertiary/aromatic N) is 2. The van der Waals surface area contributed by atoms with Crippen LogP contribution < -0.4 is 15.4 Å². The number of oxime groups is 1. The maximum absolute atomic E-state index is 12.9. The predicted octanol–water partition coefficient (Wildman–Crippen LogP) is 1.61. The third-order valence-corrected chi connectivity index (χ3v) is 7.39. The van der Waals surface area contributed by atoms with Crippen LogP contribution >= 0.6 is 0 Å². The smallest absolute Gasteiger partial charge is 0.323 e. The van der Waals surface area contributed by atoms with Gasteiger partial charge in [-0.25, -0.2) is 13.4 Å². The van der Waals surface area contributed by atoms with E-state index >= 15 is 0 Å². The Morgan fingerprint density at radius 2 is 1.97 bits per heavy atom. The first-order chi connectivity index (χ1) is 17.0. The molecular weight excluding hydrogens is 488 g/mol. The van der Waals surface area contributed by atoms with Gasteiger partial charge in [0.1, 0.15) is 12.1 Å². The number of hydrogen-bond acceptors (Lipinski definition) is 8. The van der Waals surface area contributed by atoms with Gasteiger partial charge in [0.05, 0.1) is 17.0 Å². The largest absolute Gasteiger partial charge is 0.480 e.